The summed E-state index contributed by atoms with van der Waals surface area (Å²) in [6, 6.07) is 9.80. The molecular weight excluding hydrogens is 270 g/mol. The third-order valence-corrected chi connectivity index (χ3v) is 3.78. The fraction of sp³-hybridized carbons (Fsp3) is 0.562. The molecule has 0 radical (unpaired) electrons. The predicted octanol–water partition coefficient (Wildman–Crippen LogP) is 3.00. The SMILES string of the molecule is CC(C)(C)OC(=O)C1([N+](=O)[O-])CC1CCc1ccccc1. The van der Waals surface area contributed by atoms with Crippen LogP contribution in [-0.4, -0.2) is 22.0 Å². The Morgan fingerprint density at radius 3 is 2.52 bits per heavy atom. The quantitative estimate of drug-likeness (QED) is 0.475. The van der Waals surface area contributed by atoms with Gasteiger partial charge >= 0.3 is 11.5 Å². The second kappa shape index (κ2) is 5.47. The zero-order valence-electron chi connectivity index (χ0n) is 12.7. The van der Waals surface area contributed by atoms with Crippen molar-refractivity contribution in [2.75, 3.05) is 0 Å². The molecule has 1 aliphatic carbocycles. The largest absolute Gasteiger partial charge is 0.455 e. The van der Waals surface area contributed by atoms with Gasteiger partial charge in [-0.05, 0) is 39.2 Å². The zero-order valence-corrected chi connectivity index (χ0v) is 12.7. The highest BCUT2D eigenvalue weighted by molar-refractivity contribution is 5.83. The third-order valence-electron chi connectivity index (χ3n) is 3.78. The molecule has 1 aromatic carbocycles. The molecule has 2 rings (SSSR count). The van der Waals surface area contributed by atoms with Crippen LogP contribution in [0.1, 0.15) is 39.2 Å². The lowest BCUT2D eigenvalue weighted by atomic mass is 10.0. The number of esters is 1. The van der Waals surface area contributed by atoms with Gasteiger partial charge in [-0.1, -0.05) is 30.3 Å². The van der Waals surface area contributed by atoms with Crippen molar-refractivity contribution >= 4 is 5.97 Å². The summed E-state index contributed by atoms with van der Waals surface area (Å²) in [6.07, 6.45) is 1.65. The highest BCUT2D eigenvalue weighted by atomic mass is 16.6. The summed E-state index contributed by atoms with van der Waals surface area (Å²) in [7, 11) is 0. The van der Waals surface area contributed by atoms with Gasteiger partial charge in [-0.2, -0.15) is 0 Å². The predicted molar refractivity (Wildman–Crippen MR) is 78.4 cm³/mol. The first kappa shape index (κ1) is 15.5. The molecule has 0 spiro atoms. The summed E-state index contributed by atoms with van der Waals surface area (Å²) in [6.45, 7) is 5.17. The Kier molecular flexibility index (Phi) is 4.03. The number of aryl methyl sites for hydroxylation is 1. The maximum Gasteiger partial charge on any atom is 0.385 e. The van der Waals surface area contributed by atoms with Gasteiger partial charge < -0.3 is 4.74 Å². The number of carbonyl (C=O) groups excluding carboxylic acids is 1. The van der Waals surface area contributed by atoms with Crippen molar-refractivity contribution in [1.82, 2.24) is 0 Å². The van der Waals surface area contributed by atoms with Crippen molar-refractivity contribution in [2.45, 2.75) is 51.2 Å². The Morgan fingerprint density at radius 2 is 2.00 bits per heavy atom. The topological polar surface area (TPSA) is 69.4 Å². The number of hydrogen-bond donors (Lipinski definition) is 0. The Hall–Kier alpha value is -1.91. The first-order valence-corrected chi connectivity index (χ1v) is 7.17. The lowest BCUT2D eigenvalue weighted by Gasteiger charge is -2.21. The molecule has 1 saturated carbocycles. The summed E-state index contributed by atoms with van der Waals surface area (Å²) in [5, 5.41) is 11.3. The van der Waals surface area contributed by atoms with E-state index in [0.717, 1.165) is 12.0 Å². The number of rotatable bonds is 5. The Balaban J connectivity index is 2.00. The lowest BCUT2D eigenvalue weighted by Crippen LogP contribution is -2.40. The minimum absolute atomic E-state index is 0.234. The Morgan fingerprint density at radius 1 is 1.38 bits per heavy atom. The van der Waals surface area contributed by atoms with Gasteiger partial charge in [0.05, 0.1) is 0 Å². The van der Waals surface area contributed by atoms with E-state index >= 15 is 0 Å². The molecule has 0 aromatic heterocycles. The van der Waals surface area contributed by atoms with Crippen LogP contribution in [0.15, 0.2) is 30.3 Å². The number of carbonyl (C=O) groups is 1. The van der Waals surface area contributed by atoms with Crippen molar-refractivity contribution in [3.8, 4) is 0 Å². The second-order valence-corrected chi connectivity index (χ2v) is 6.61. The van der Waals surface area contributed by atoms with Crippen LogP contribution >= 0.6 is 0 Å². The van der Waals surface area contributed by atoms with Gasteiger partial charge in [0.2, 0.25) is 0 Å². The van der Waals surface area contributed by atoms with E-state index in [9.17, 15) is 14.9 Å². The van der Waals surface area contributed by atoms with Crippen molar-refractivity contribution < 1.29 is 14.5 Å². The van der Waals surface area contributed by atoms with E-state index in [0.29, 0.717) is 6.42 Å². The summed E-state index contributed by atoms with van der Waals surface area (Å²) < 4.78 is 5.23. The molecule has 114 valence electrons. The van der Waals surface area contributed by atoms with Crippen LogP contribution in [0.2, 0.25) is 0 Å². The molecule has 2 unspecified atom stereocenters. The molecule has 21 heavy (non-hydrogen) atoms. The highest BCUT2D eigenvalue weighted by Crippen LogP contribution is 2.50. The molecule has 1 fully saturated rings. The number of hydrogen-bond acceptors (Lipinski definition) is 4. The molecule has 0 aliphatic heterocycles. The van der Waals surface area contributed by atoms with Gasteiger partial charge in [0, 0.05) is 17.3 Å². The van der Waals surface area contributed by atoms with Gasteiger partial charge in [-0.25, -0.2) is 4.79 Å². The van der Waals surface area contributed by atoms with Crippen molar-refractivity contribution in [3.63, 3.8) is 0 Å². The second-order valence-electron chi connectivity index (χ2n) is 6.61. The molecular formula is C16H21NO4. The van der Waals surface area contributed by atoms with Crippen LogP contribution in [0.5, 0.6) is 0 Å². The first-order valence-electron chi connectivity index (χ1n) is 7.17. The van der Waals surface area contributed by atoms with E-state index in [1.807, 2.05) is 30.3 Å². The number of nitro groups is 1. The summed E-state index contributed by atoms with van der Waals surface area (Å²) >= 11 is 0. The van der Waals surface area contributed by atoms with Gasteiger partial charge in [0.1, 0.15) is 5.60 Å². The molecule has 1 aromatic rings. The Labute approximate surface area is 124 Å². The van der Waals surface area contributed by atoms with Crippen molar-refractivity contribution in [2.24, 2.45) is 5.92 Å². The smallest absolute Gasteiger partial charge is 0.385 e. The van der Waals surface area contributed by atoms with Gasteiger partial charge in [0.15, 0.2) is 0 Å². The number of benzene rings is 1. The standard InChI is InChI=1S/C16H21NO4/c1-15(2,3)21-14(18)16(17(19)20)11-13(16)10-9-12-7-5-4-6-8-12/h4-8,13H,9-11H2,1-3H3. The van der Waals surface area contributed by atoms with E-state index in [1.54, 1.807) is 20.8 Å². The number of ether oxygens (including phenoxy) is 1. The maximum atomic E-state index is 12.1. The van der Waals surface area contributed by atoms with Crippen LogP contribution < -0.4 is 0 Å². The summed E-state index contributed by atoms with van der Waals surface area (Å²) in [5.41, 5.74) is -1.10. The minimum atomic E-state index is -1.53. The normalized spacial score (nSPS) is 24.4. The monoisotopic (exact) mass is 291 g/mol. The fourth-order valence-electron chi connectivity index (χ4n) is 2.56. The maximum absolute atomic E-state index is 12.1. The van der Waals surface area contributed by atoms with Crippen molar-refractivity contribution in [3.05, 3.63) is 46.0 Å². The van der Waals surface area contributed by atoms with E-state index in [1.165, 1.54) is 0 Å². The summed E-state index contributed by atoms with van der Waals surface area (Å²) in [5.74, 6) is -0.930. The molecule has 0 saturated heterocycles. The van der Waals surface area contributed by atoms with E-state index in [-0.39, 0.29) is 12.3 Å². The Bertz CT molecular complexity index is 535. The molecule has 0 bridgehead atoms. The number of nitrogens with zero attached hydrogens (tertiary/aromatic N) is 1. The average molecular weight is 291 g/mol. The fourth-order valence-corrected chi connectivity index (χ4v) is 2.56. The van der Waals surface area contributed by atoms with Gasteiger partial charge in [0.25, 0.3) is 0 Å². The third kappa shape index (κ3) is 3.40. The first-order chi connectivity index (χ1) is 9.75. The van der Waals surface area contributed by atoms with Crippen LogP contribution in [-0.2, 0) is 16.0 Å². The molecule has 5 nitrogen and oxygen atoms in total. The van der Waals surface area contributed by atoms with E-state index in [4.69, 9.17) is 4.74 Å². The van der Waals surface area contributed by atoms with Gasteiger partial charge in [-0.15, -0.1) is 0 Å². The van der Waals surface area contributed by atoms with Crippen LogP contribution in [0.25, 0.3) is 0 Å². The molecule has 2 atom stereocenters. The van der Waals surface area contributed by atoms with Crippen LogP contribution in [0.3, 0.4) is 0 Å². The molecule has 0 N–H and O–H groups in total. The van der Waals surface area contributed by atoms with Crippen molar-refractivity contribution in [1.29, 1.82) is 0 Å². The lowest BCUT2D eigenvalue weighted by molar-refractivity contribution is -0.530. The molecule has 1 aliphatic rings. The highest BCUT2D eigenvalue weighted by Gasteiger charge is 2.73. The summed E-state index contributed by atoms with van der Waals surface area (Å²) in [4.78, 5) is 23.0. The zero-order chi connectivity index (χ0) is 15.7. The van der Waals surface area contributed by atoms with Crippen LogP contribution in [0.4, 0.5) is 0 Å². The molecule has 0 heterocycles. The van der Waals surface area contributed by atoms with E-state index in [2.05, 4.69) is 0 Å². The molecule has 5 heteroatoms. The van der Waals surface area contributed by atoms with Gasteiger partial charge in [-0.3, -0.25) is 10.1 Å². The average Bonchev–Trinajstić information content (AvgIpc) is 3.11. The van der Waals surface area contributed by atoms with Crippen LogP contribution in [0, 0.1) is 16.0 Å². The van der Waals surface area contributed by atoms with E-state index < -0.39 is 22.0 Å². The minimum Gasteiger partial charge on any atom is -0.455 e. The molecule has 0 amide bonds.